The molecule has 1 unspecified atom stereocenters. The van der Waals surface area contributed by atoms with Gasteiger partial charge in [0.2, 0.25) is 0 Å². The van der Waals surface area contributed by atoms with Crippen molar-refractivity contribution >= 4 is 12.1 Å². The minimum absolute atomic E-state index is 0.119. The Morgan fingerprint density at radius 3 is 2.29 bits per heavy atom. The number of likely N-dealkylation sites (tertiary alicyclic amines) is 1. The van der Waals surface area contributed by atoms with Crippen LogP contribution in [-0.2, 0) is 9.53 Å². The number of aliphatic carboxylic acids is 1. The number of nitrogens with zero attached hydrogens (tertiary/aromatic N) is 1. The fourth-order valence-electron chi connectivity index (χ4n) is 2.98. The number of carboxylic acid groups (broad SMARTS) is 1. The van der Waals surface area contributed by atoms with Crippen LogP contribution < -0.4 is 4.74 Å². The van der Waals surface area contributed by atoms with E-state index in [9.17, 15) is 14.7 Å². The van der Waals surface area contributed by atoms with E-state index in [2.05, 4.69) is 0 Å². The number of benzene rings is 1. The Morgan fingerprint density at radius 1 is 1.25 bits per heavy atom. The first-order chi connectivity index (χ1) is 11.1. The highest BCUT2D eigenvalue weighted by atomic mass is 16.6. The summed E-state index contributed by atoms with van der Waals surface area (Å²) < 4.78 is 10.5. The van der Waals surface area contributed by atoms with Crippen molar-refractivity contribution in [3.05, 3.63) is 29.8 Å². The Bertz CT molecular complexity index is 619. The van der Waals surface area contributed by atoms with Crippen molar-refractivity contribution in [2.45, 2.75) is 39.2 Å². The molecule has 1 aromatic rings. The highest BCUT2D eigenvalue weighted by Gasteiger charge is 2.51. The number of carbonyl (C=O) groups excluding carboxylic acids is 1. The van der Waals surface area contributed by atoms with Crippen LogP contribution in [-0.4, -0.2) is 47.9 Å². The smallest absolute Gasteiger partial charge is 0.410 e. The number of hydrogen-bond acceptors (Lipinski definition) is 4. The predicted octanol–water partition coefficient (Wildman–Crippen LogP) is 3.12. The molecule has 1 N–H and O–H groups in total. The van der Waals surface area contributed by atoms with Gasteiger partial charge in [0, 0.05) is 19.0 Å². The highest BCUT2D eigenvalue weighted by molar-refractivity contribution is 5.79. The Kier molecular flexibility index (Phi) is 4.78. The molecule has 1 aliphatic rings. The summed E-state index contributed by atoms with van der Waals surface area (Å²) in [5.74, 6) is -0.527. The van der Waals surface area contributed by atoms with Gasteiger partial charge in [0.1, 0.15) is 11.4 Å². The molecule has 6 nitrogen and oxygen atoms in total. The van der Waals surface area contributed by atoms with Crippen molar-refractivity contribution in [3.63, 3.8) is 0 Å². The van der Waals surface area contributed by atoms with Crippen LogP contribution in [0.2, 0.25) is 0 Å². The van der Waals surface area contributed by atoms with E-state index in [0.29, 0.717) is 12.3 Å². The van der Waals surface area contributed by atoms with Gasteiger partial charge in [0.25, 0.3) is 0 Å². The Labute approximate surface area is 142 Å². The molecule has 1 amide bonds. The van der Waals surface area contributed by atoms with E-state index in [1.165, 1.54) is 4.90 Å². The second-order valence-electron chi connectivity index (χ2n) is 7.41. The van der Waals surface area contributed by atoms with E-state index in [1.807, 2.05) is 12.1 Å². The van der Waals surface area contributed by atoms with E-state index in [4.69, 9.17) is 9.47 Å². The molecular weight excluding hydrogens is 310 g/mol. The molecular formula is C18H25NO5. The molecule has 132 valence electrons. The van der Waals surface area contributed by atoms with Gasteiger partial charge in [-0.05, 0) is 45.4 Å². The maximum absolute atomic E-state index is 12.3. The SMILES string of the molecule is COc1ccc(C2CN(C(=O)OC(C)(C)C)C[C@@]2(C)C(=O)O)cc1. The molecule has 1 saturated heterocycles. The van der Waals surface area contributed by atoms with Crippen molar-refractivity contribution in [1.82, 2.24) is 4.90 Å². The molecule has 0 spiro atoms. The van der Waals surface area contributed by atoms with Crippen molar-refractivity contribution in [2.75, 3.05) is 20.2 Å². The van der Waals surface area contributed by atoms with Crippen molar-refractivity contribution in [1.29, 1.82) is 0 Å². The lowest BCUT2D eigenvalue weighted by atomic mass is 9.76. The van der Waals surface area contributed by atoms with Crippen LogP contribution in [0.5, 0.6) is 5.75 Å². The third-order valence-corrected chi connectivity index (χ3v) is 4.35. The summed E-state index contributed by atoms with van der Waals surface area (Å²) in [6.45, 7) is 7.47. The van der Waals surface area contributed by atoms with Crippen LogP contribution in [0.25, 0.3) is 0 Å². The molecule has 0 radical (unpaired) electrons. The maximum atomic E-state index is 12.3. The molecule has 1 aliphatic heterocycles. The largest absolute Gasteiger partial charge is 0.497 e. The molecule has 0 saturated carbocycles. The van der Waals surface area contributed by atoms with Crippen LogP contribution in [0.3, 0.4) is 0 Å². The number of carboxylic acids is 1. The van der Waals surface area contributed by atoms with Crippen molar-refractivity contribution < 1.29 is 24.2 Å². The van der Waals surface area contributed by atoms with Crippen LogP contribution in [0.4, 0.5) is 4.79 Å². The second kappa shape index (κ2) is 6.34. The Hall–Kier alpha value is -2.24. The van der Waals surface area contributed by atoms with Gasteiger partial charge in [0.15, 0.2) is 0 Å². The molecule has 1 heterocycles. The lowest BCUT2D eigenvalue weighted by Gasteiger charge is -2.26. The average Bonchev–Trinajstić information content (AvgIpc) is 2.85. The van der Waals surface area contributed by atoms with Gasteiger partial charge in [-0.15, -0.1) is 0 Å². The Balaban J connectivity index is 2.28. The monoisotopic (exact) mass is 335 g/mol. The standard InChI is InChI=1S/C18H25NO5/c1-17(2,3)24-16(22)19-10-14(18(4,11-19)15(20)21)12-6-8-13(23-5)9-7-12/h6-9,14H,10-11H2,1-5H3,(H,20,21)/t14?,18-/m1/s1. The van der Waals surface area contributed by atoms with E-state index < -0.39 is 23.1 Å². The zero-order valence-corrected chi connectivity index (χ0v) is 14.8. The number of ether oxygens (including phenoxy) is 2. The van der Waals surface area contributed by atoms with Crippen molar-refractivity contribution in [2.24, 2.45) is 5.41 Å². The van der Waals surface area contributed by atoms with Gasteiger partial charge in [0.05, 0.1) is 12.5 Å². The molecule has 0 aromatic heterocycles. The normalized spacial score (nSPS) is 23.9. The summed E-state index contributed by atoms with van der Waals surface area (Å²) >= 11 is 0. The number of hydrogen-bond donors (Lipinski definition) is 1. The fraction of sp³-hybridized carbons (Fsp3) is 0.556. The third-order valence-electron chi connectivity index (χ3n) is 4.35. The minimum atomic E-state index is -1.06. The Morgan fingerprint density at radius 2 is 1.83 bits per heavy atom. The zero-order chi connectivity index (χ0) is 18.1. The molecule has 24 heavy (non-hydrogen) atoms. The van der Waals surface area contributed by atoms with E-state index in [-0.39, 0.29) is 12.5 Å². The van der Waals surface area contributed by atoms with Gasteiger partial charge in [-0.1, -0.05) is 12.1 Å². The summed E-state index contributed by atoms with van der Waals surface area (Å²) in [4.78, 5) is 25.7. The van der Waals surface area contributed by atoms with Crippen LogP contribution in [0.1, 0.15) is 39.2 Å². The van der Waals surface area contributed by atoms with Gasteiger partial charge in [-0.25, -0.2) is 4.79 Å². The van der Waals surface area contributed by atoms with Gasteiger partial charge in [-0.2, -0.15) is 0 Å². The second-order valence-corrected chi connectivity index (χ2v) is 7.41. The fourth-order valence-corrected chi connectivity index (χ4v) is 2.98. The molecule has 0 bridgehead atoms. The average molecular weight is 335 g/mol. The van der Waals surface area contributed by atoms with Gasteiger partial charge < -0.3 is 19.5 Å². The molecule has 1 fully saturated rings. The van der Waals surface area contributed by atoms with Crippen LogP contribution >= 0.6 is 0 Å². The zero-order valence-electron chi connectivity index (χ0n) is 14.8. The highest BCUT2D eigenvalue weighted by Crippen LogP contribution is 2.43. The third kappa shape index (κ3) is 3.63. The number of amides is 1. The number of carbonyl (C=O) groups is 2. The summed E-state index contributed by atoms with van der Waals surface area (Å²) in [7, 11) is 1.58. The first-order valence-electron chi connectivity index (χ1n) is 7.92. The first-order valence-corrected chi connectivity index (χ1v) is 7.92. The first kappa shape index (κ1) is 18.1. The lowest BCUT2D eigenvalue weighted by molar-refractivity contribution is -0.147. The lowest BCUT2D eigenvalue weighted by Crippen LogP contribution is -2.38. The molecule has 1 aromatic carbocycles. The van der Waals surface area contributed by atoms with Gasteiger partial charge in [-0.3, -0.25) is 4.79 Å². The summed E-state index contributed by atoms with van der Waals surface area (Å²) in [6.07, 6.45) is -0.481. The van der Waals surface area contributed by atoms with E-state index in [0.717, 1.165) is 5.56 Å². The maximum Gasteiger partial charge on any atom is 0.410 e. The molecule has 0 aliphatic carbocycles. The van der Waals surface area contributed by atoms with E-state index in [1.54, 1.807) is 46.9 Å². The summed E-state index contributed by atoms with van der Waals surface area (Å²) in [5.41, 5.74) is -0.813. The topological polar surface area (TPSA) is 76.1 Å². The summed E-state index contributed by atoms with van der Waals surface area (Å²) in [5, 5.41) is 9.73. The summed E-state index contributed by atoms with van der Waals surface area (Å²) in [6, 6.07) is 7.30. The van der Waals surface area contributed by atoms with E-state index >= 15 is 0 Å². The predicted molar refractivity (Wildman–Crippen MR) is 89.3 cm³/mol. The molecule has 6 heteroatoms. The van der Waals surface area contributed by atoms with Crippen LogP contribution in [0.15, 0.2) is 24.3 Å². The molecule has 2 atom stereocenters. The van der Waals surface area contributed by atoms with Gasteiger partial charge >= 0.3 is 12.1 Å². The number of rotatable bonds is 3. The minimum Gasteiger partial charge on any atom is -0.497 e. The van der Waals surface area contributed by atoms with Crippen LogP contribution in [0, 0.1) is 5.41 Å². The molecule has 2 rings (SSSR count). The number of methoxy groups -OCH3 is 1. The quantitative estimate of drug-likeness (QED) is 0.918. The van der Waals surface area contributed by atoms with Crippen molar-refractivity contribution in [3.8, 4) is 5.75 Å².